The van der Waals surface area contributed by atoms with Gasteiger partial charge in [-0.15, -0.1) is 0 Å². The third-order valence-corrected chi connectivity index (χ3v) is 4.17. The predicted molar refractivity (Wildman–Crippen MR) is 89.5 cm³/mol. The third kappa shape index (κ3) is 2.95. The van der Waals surface area contributed by atoms with Crippen LogP contribution in [0.4, 0.5) is 0 Å². The van der Waals surface area contributed by atoms with Gasteiger partial charge in [0.05, 0.1) is 0 Å². The van der Waals surface area contributed by atoms with E-state index in [4.69, 9.17) is 0 Å². The Balaban J connectivity index is 2.53. The minimum Gasteiger partial charge on any atom is -0.0587 e. The number of benzene rings is 2. The maximum Gasteiger partial charge on any atom is -0.0181 e. The molecular formula is C20H26. The Morgan fingerprint density at radius 3 is 1.70 bits per heavy atom. The molecule has 0 radical (unpaired) electrons. The smallest absolute Gasteiger partial charge is 0.0181 e. The van der Waals surface area contributed by atoms with Gasteiger partial charge in [0, 0.05) is 0 Å². The number of aryl methyl sites for hydroxylation is 2. The molecule has 0 bridgehead atoms. The highest BCUT2D eigenvalue weighted by atomic mass is 14.2. The van der Waals surface area contributed by atoms with Crippen LogP contribution < -0.4 is 0 Å². The molecule has 0 heteroatoms. The molecule has 0 fully saturated rings. The molecule has 0 atom stereocenters. The van der Waals surface area contributed by atoms with E-state index in [0.717, 1.165) is 0 Å². The fourth-order valence-corrected chi connectivity index (χ4v) is 2.70. The predicted octanol–water partition coefficient (Wildman–Crippen LogP) is 6.22. The first-order valence-corrected chi connectivity index (χ1v) is 7.61. The minimum absolute atomic E-state index is 0.568. The first-order chi connectivity index (χ1) is 9.40. The average Bonchev–Trinajstić information content (AvgIpc) is 2.41. The molecule has 0 aliphatic rings. The molecule has 0 saturated heterocycles. The molecule has 0 spiro atoms. The van der Waals surface area contributed by atoms with Crippen molar-refractivity contribution in [2.75, 3.05) is 0 Å². The van der Waals surface area contributed by atoms with Gasteiger partial charge in [0.2, 0.25) is 0 Å². The van der Waals surface area contributed by atoms with Gasteiger partial charge in [-0.05, 0) is 59.1 Å². The molecule has 2 aromatic rings. The quantitative estimate of drug-likeness (QED) is 0.619. The number of rotatable bonds is 3. The van der Waals surface area contributed by atoms with Crippen LogP contribution in [0.15, 0.2) is 36.4 Å². The van der Waals surface area contributed by atoms with Crippen LogP contribution in [0.25, 0.3) is 11.1 Å². The van der Waals surface area contributed by atoms with Crippen molar-refractivity contribution in [3.05, 3.63) is 58.7 Å². The van der Waals surface area contributed by atoms with E-state index >= 15 is 0 Å². The largest absolute Gasteiger partial charge is 0.0587 e. The molecule has 20 heavy (non-hydrogen) atoms. The molecule has 0 amide bonds. The lowest BCUT2D eigenvalue weighted by molar-refractivity contribution is 0.791. The molecule has 0 nitrogen and oxygen atoms in total. The van der Waals surface area contributed by atoms with Crippen LogP contribution in [0.1, 0.15) is 61.8 Å². The monoisotopic (exact) mass is 266 g/mol. The number of hydrogen-bond donors (Lipinski definition) is 0. The van der Waals surface area contributed by atoms with Crippen molar-refractivity contribution < 1.29 is 0 Å². The van der Waals surface area contributed by atoms with Gasteiger partial charge in [-0.25, -0.2) is 0 Å². The fraction of sp³-hybridized carbons (Fsp3) is 0.400. The van der Waals surface area contributed by atoms with E-state index in [1.165, 1.54) is 33.4 Å². The van der Waals surface area contributed by atoms with Gasteiger partial charge >= 0.3 is 0 Å². The molecule has 0 aliphatic heterocycles. The Morgan fingerprint density at radius 2 is 1.15 bits per heavy atom. The van der Waals surface area contributed by atoms with Gasteiger partial charge in [-0.3, -0.25) is 0 Å². The summed E-state index contributed by atoms with van der Waals surface area (Å²) in [5.41, 5.74) is 8.34. The van der Waals surface area contributed by atoms with Crippen molar-refractivity contribution in [2.24, 2.45) is 0 Å². The van der Waals surface area contributed by atoms with E-state index in [-0.39, 0.29) is 0 Å². The number of hydrogen-bond acceptors (Lipinski definition) is 0. The topological polar surface area (TPSA) is 0 Å². The Morgan fingerprint density at radius 1 is 0.600 bits per heavy atom. The van der Waals surface area contributed by atoms with E-state index in [9.17, 15) is 0 Å². The summed E-state index contributed by atoms with van der Waals surface area (Å²) in [5, 5.41) is 0. The van der Waals surface area contributed by atoms with Gasteiger partial charge in [0.1, 0.15) is 0 Å². The lowest BCUT2D eigenvalue weighted by atomic mass is 9.87. The minimum atomic E-state index is 0.568. The average molecular weight is 266 g/mol. The molecule has 2 aromatic carbocycles. The van der Waals surface area contributed by atoms with E-state index in [0.29, 0.717) is 11.8 Å². The zero-order valence-corrected chi connectivity index (χ0v) is 13.6. The normalized spacial score (nSPS) is 11.4. The Hall–Kier alpha value is -1.56. The SMILES string of the molecule is Cc1ccc(-c2ccc(C(C)C)c(C(C)C)c2)cc1C. The molecule has 0 N–H and O–H groups in total. The van der Waals surface area contributed by atoms with Gasteiger partial charge in [-0.1, -0.05) is 64.1 Å². The lowest BCUT2D eigenvalue weighted by Crippen LogP contribution is -1.99. The van der Waals surface area contributed by atoms with E-state index < -0.39 is 0 Å². The second kappa shape index (κ2) is 5.83. The first-order valence-electron chi connectivity index (χ1n) is 7.61. The second-order valence-electron chi connectivity index (χ2n) is 6.45. The zero-order valence-electron chi connectivity index (χ0n) is 13.6. The summed E-state index contributed by atoms with van der Waals surface area (Å²) < 4.78 is 0. The van der Waals surface area contributed by atoms with Crippen molar-refractivity contribution in [3.63, 3.8) is 0 Å². The van der Waals surface area contributed by atoms with Crippen molar-refractivity contribution in [3.8, 4) is 11.1 Å². The van der Waals surface area contributed by atoms with Crippen LogP contribution in [0.3, 0.4) is 0 Å². The summed E-state index contributed by atoms with van der Waals surface area (Å²) in [7, 11) is 0. The van der Waals surface area contributed by atoms with Crippen LogP contribution in [0, 0.1) is 13.8 Å². The van der Waals surface area contributed by atoms with Gasteiger partial charge in [0.25, 0.3) is 0 Å². The van der Waals surface area contributed by atoms with Gasteiger partial charge in [0.15, 0.2) is 0 Å². The fourth-order valence-electron chi connectivity index (χ4n) is 2.70. The summed E-state index contributed by atoms with van der Waals surface area (Å²) in [6.45, 7) is 13.5. The standard InChI is InChI=1S/C20H26/c1-13(2)19-10-9-18(12-20(19)14(3)4)17-8-7-15(5)16(6)11-17/h7-14H,1-6H3. The van der Waals surface area contributed by atoms with Crippen LogP contribution in [-0.4, -0.2) is 0 Å². The molecule has 0 saturated carbocycles. The van der Waals surface area contributed by atoms with E-state index in [1.807, 2.05) is 0 Å². The summed E-state index contributed by atoms with van der Waals surface area (Å²) >= 11 is 0. The molecular weight excluding hydrogens is 240 g/mol. The molecule has 0 aliphatic carbocycles. The second-order valence-corrected chi connectivity index (χ2v) is 6.45. The maximum atomic E-state index is 2.38. The van der Waals surface area contributed by atoms with Gasteiger partial charge in [-0.2, -0.15) is 0 Å². The zero-order chi connectivity index (χ0) is 14.9. The van der Waals surface area contributed by atoms with Gasteiger partial charge < -0.3 is 0 Å². The highest BCUT2D eigenvalue weighted by Gasteiger charge is 2.11. The van der Waals surface area contributed by atoms with Crippen molar-refractivity contribution in [1.29, 1.82) is 0 Å². The first kappa shape index (κ1) is 14.8. The summed E-state index contributed by atoms with van der Waals surface area (Å²) in [6.07, 6.45) is 0. The Labute approximate surface area is 123 Å². The molecule has 2 rings (SSSR count). The van der Waals surface area contributed by atoms with Crippen LogP contribution >= 0.6 is 0 Å². The Bertz CT molecular complexity index is 603. The molecule has 0 heterocycles. The lowest BCUT2D eigenvalue weighted by Gasteiger charge is -2.18. The highest BCUT2D eigenvalue weighted by molar-refractivity contribution is 5.66. The van der Waals surface area contributed by atoms with Crippen molar-refractivity contribution in [2.45, 2.75) is 53.4 Å². The van der Waals surface area contributed by atoms with Crippen LogP contribution in [-0.2, 0) is 0 Å². The molecule has 0 unspecified atom stereocenters. The van der Waals surface area contributed by atoms with Crippen molar-refractivity contribution >= 4 is 0 Å². The summed E-state index contributed by atoms with van der Waals surface area (Å²) in [5.74, 6) is 1.15. The Kier molecular flexibility index (Phi) is 4.32. The summed E-state index contributed by atoms with van der Waals surface area (Å²) in [6, 6.07) is 13.7. The van der Waals surface area contributed by atoms with Crippen molar-refractivity contribution in [1.82, 2.24) is 0 Å². The summed E-state index contributed by atoms with van der Waals surface area (Å²) in [4.78, 5) is 0. The van der Waals surface area contributed by atoms with E-state index in [2.05, 4.69) is 77.9 Å². The van der Waals surface area contributed by atoms with Crippen LogP contribution in [0.5, 0.6) is 0 Å². The van der Waals surface area contributed by atoms with Crippen LogP contribution in [0.2, 0.25) is 0 Å². The molecule has 106 valence electrons. The van der Waals surface area contributed by atoms with E-state index in [1.54, 1.807) is 0 Å². The maximum absolute atomic E-state index is 2.38. The molecule has 0 aromatic heterocycles. The highest BCUT2D eigenvalue weighted by Crippen LogP contribution is 2.31. The third-order valence-electron chi connectivity index (χ3n) is 4.17.